The van der Waals surface area contributed by atoms with Gasteiger partial charge >= 0.3 is 0 Å². The lowest BCUT2D eigenvalue weighted by Crippen LogP contribution is -2.39. The lowest BCUT2D eigenvalue weighted by atomic mass is 9.99. The van der Waals surface area contributed by atoms with E-state index in [0.717, 1.165) is 19.5 Å². The molecule has 2 amide bonds. The molecule has 0 bridgehead atoms. The van der Waals surface area contributed by atoms with Crippen molar-refractivity contribution in [1.82, 2.24) is 14.8 Å². The van der Waals surface area contributed by atoms with E-state index in [1.165, 1.54) is 6.42 Å². The normalized spacial score (nSPS) is 18.1. The van der Waals surface area contributed by atoms with Crippen LogP contribution in [0.4, 0.5) is 0 Å². The molecule has 1 aromatic rings. The van der Waals surface area contributed by atoms with Gasteiger partial charge in [-0.05, 0) is 44.7 Å². The predicted octanol–water partition coefficient (Wildman–Crippen LogP) is 2.44. The fourth-order valence-electron chi connectivity index (χ4n) is 2.91. The molecule has 2 rings (SSSR count). The average Bonchev–Trinajstić information content (AvgIpc) is 2.55. The summed E-state index contributed by atoms with van der Waals surface area (Å²) in [5, 5.41) is 0. The van der Waals surface area contributed by atoms with Crippen LogP contribution in [0.5, 0.6) is 0 Å². The van der Waals surface area contributed by atoms with Crippen molar-refractivity contribution in [3.8, 4) is 0 Å². The van der Waals surface area contributed by atoms with Crippen LogP contribution in [0.3, 0.4) is 0 Å². The molecule has 1 aliphatic heterocycles. The molecule has 5 nitrogen and oxygen atoms in total. The van der Waals surface area contributed by atoms with Gasteiger partial charge in [-0.25, -0.2) is 0 Å². The zero-order valence-electron chi connectivity index (χ0n) is 13.7. The van der Waals surface area contributed by atoms with Crippen molar-refractivity contribution >= 4 is 11.8 Å². The SMILES string of the molecule is CCN(CC)C(=O)c1cc(C(=O)N2CCCC(C)C2)ccn1. The Balaban J connectivity index is 2.17. The third-order valence-electron chi connectivity index (χ3n) is 4.22. The highest BCUT2D eigenvalue weighted by molar-refractivity contribution is 5.98. The molecule has 0 N–H and O–H groups in total. The highest BCUT2D eigenvalue weighted by Gasteiger charge is 2.23. The van der Waals surface area contributed by atoms with Crippen molar-refractivity contribution in [2.45, 2.75) is 33.6 Å². The Labute approximate surface area is 132 Å². The van der Waals surface area contributed by atoms with E-state index < -0.39 is 0 Å². The Kier molecular flexibility index (Phi) is 5.52. The largest absolute Gasteiger partial charge is 0.338 e. The summed E-state index contributed by atoms with van der Waals surface area (Å²) in [4.78, 5) is 32.7. The van der Waals surface area contributed by atoms with E-state index in [2.05, 4.69) is 11.9 Å². The van der Waals surface area contributed by atoms with Gasteiger partial charge in [-0.1, -0.05) is 6.92 Å². The van der Waals surface area contributed by atoms with Crippen molar-refractivity contribution in [2.24, 2.45) is 5.92 Å². The number of pyridine rings is 1. The number of carbonyl (C=O) groups is 2. The Bertz CT molecular complexity index is 540. The van der Waals surface area contributed by atoms with Crippen LogP contribution >= 0.6 is 0 Å². The summed E-state index contributed by atoms with van der Waals surface area (Å²) in [5.74, 6) is 0.422. The first-order valence-corrected chi connectivity index (χ1v) is 8.11. The van der Waals surface area contributed by atoms with Crippen molar-refractivity contribution in [3.05, 3.63) is 29.6 Å². The Morgan fingerprint density at radius 3 is 2.73 bits per heavy atom. The Hall–Kier alpha value is -1.91. The Morgan fingerprint density at radius 1 is 1.36 bits per heavy atom. The van der Waals surface area contributed by atoms with Gasteiger partial charge in [0.1, 0.15) is 5.69 Å². The van der Waals surface area contributed by atoms with Crippen LogP contribution in [0.1, 0.15) is 54.5 Å². The number of carbonyl (C=O) groups excluding carboxylic acids is 2. The molecule has 120 valence electrons. The van der Waals surface area contributed by atoms with Gasteiger partial charge in [-0.3, -0.25) is 14.6 Å². The van der Waals surface area contributed by atoms with Crippen LogP contribution < -0.4 is 0 Å². The molecule has 2 heterocycles. The molecule has 1 saturated heterocycles. The summed E-state index contributed by atoms with van der Waals surface area (Å²) >= 11 is 0. The number of nitrogens with zero attached hydrogens (tertiary/aromatic N) is 3. The third kappa shape index (κ3) is 3.64. The molecule has 1 atom stereocenters. The van der Waals surface area contributed by atoms with Gasteiger partial charge in [0.05, 0.1) is 0 Å². The van der Waals surface area contributed by atoms with Gasteiger partial charge in [0.25, 0.3) is 11.8 Å². The topological polar surface area (TPSA) is 53.5 Å². The first kappa shape index (κ1) is 16.5. The minimum Gasteiger partial charge on any atom is -0.338 e. The van der Waals surface area contributed by atoms with E-state index >= 15 is 0 Å². The molecule has 1 fully saturated rings. The zero-order valence-corrected chi connectivity index (χ0v) is 13.7. The lowest BCUT2D eigenvalue weighted by Gasteiger charge is -2.31. The maximum atomic E-state index is 12.6. The van der Waals surface area contributed by atoms with Crippen LogP contribution in [-0.2, 0) is 0 Å². The number of amides is 2. The number of rotatable bonds is 4. The number of hydrogen-bond acceptors (Lipinski definition) is 3. The zero-order chi connectivity index (χ0) is 16.1. The lowest BCUT2D eigenvalue weighted by molar-refractivity contribution is 0.0683. The maximum absolute atomic E-state index is 12.6. The molecular weight excluding hydrogens is 278 g/mol. The van der Waals surface area contributed by atoms with Gasteiger partial charge < -0.3 is 9.80 Å². The first-order chi connectivity index (χ1) is 10.6. The van der Waals surface area contributed by atoms with Crippen LogP contribution in [-0.4, -0.2) is 52.8 Å². The molecule has 0 aromatic carbocycles. The summed E-state index contributed by atoms with van der Waals surface area (Å²) in [6, 6.07) is 3.32. The minimum atomic E-state index is -0.119. The van der Waals surface area contributed by atoms with Gasteiger partial charge in [0, 0.05) is 37.9 Å². The van der Waals surface area contributed by atoms with Crippen LogP contribution in [0.2, 0.25) is 0 Å². The van der Waals surface area contributed by atoms with Crippen molar-refractivity contribution in [1.29, 1.82) is 0 Å². The van der Waals surface area contributed by atoms with Gasteiger partial charge in [0.2, 0.25) is 0 Å². The fourth-order valence-corrected chi connectivity index (χ4v) is 2.91. The van der Waals surface area contributed by atoms with E-state index in [1.54, 1.807) is 23.2 Å². The standard InChI is InChI=1S/C17H25N3O2/c1-4-19(5-2)17(22)15-11-14(8-9-18-15)16(21)20-10-6-7-13(3)12-20/h8-9,11,13H,4-7,10,12H2,1-3H3. The molecule has 0 saturated carbocycles. The average molecular weight is 303 g/mol. The molecule has 1 unspecified atom stereocenters. The molecule has 0 spiro atoms. The highest BCUT2D eigenvalue weighted by atomic mass is 16.2. The second kappa shape index (κ2) is 7.38. The first-order valence-electron chi connectivity index (χ1n) is 8.11. The van der Waals surface area contributed by atoms with Crippen LogP contribution in [0.25, 0.3) is 0 Å². The molecule has 0 aliphatic carbocycles. The smallest absolute Gasteiger partial charge is 0.272 e. The molecule has 1 aromatic heterocycles. The Morgan fingerprint density at radius 2 is 2.09 bits per heavy atom. The molecule has 22 heavy (non-hydrogen) atoms. The quantitative estimate of drug-likeness (QED) is 0.858. The van der Waals surface area contributed by atoms with E-state index in [9.17, 15) is 9.59 Å². The molecule has 5 heteroatoms. The summed E-state index contributed by atoms with van der Waals surface area (Å²) < 4.78 is 0. The van der Waals surface area contributed by atoms with Crippen molar-refractivity contribution in [2.75, 3.05) is 26.2 Å². The number of piperidine rings is 1. The third-order valence-corrected chi connectivity index (χ3v) is 4.22. The fraction of sp³-hybridized carbons (Fsp3) is 0.588. The summed E-state index contributed by atoms with van der Waals surface area (Å²) in [6.45, 7) is 8.90. The van der Waals surface area contributed by atoms with E-state index in [0.29, 0.717) is 30.3 Å². The number of aromatic nitrogens is 1. The summed E-state index contributed by atoms with van der Waals surface area (Å²) in [6.07, 6.45) is 3.77. The number of likely N-dealkylation sites (tertiary alicyclic amines) is 1. The van der Waals surface area contributed by atoms with Crippen LogP contribution in [0.15, 0.2) is 18.3 Å². The molecular formula is C17H25N3O2. The maximum Gasteiger partial charge on any atom is 0.272 e. The summed E-state index contributed by atoms with van der Waals surface area (Å²) in [7, 11) is 0. The minimum absolute atomic E-state index is 0.00236. The monoisotopic (exact) mass is 303 g/mol. The van der Waals surface area contributed by atoms with E-state index in [4.69, 9.17) is 0 Å². The predicted molar refractivity (Wildman–Crippen MR) is 85.8 cm³/mol. The van der Waals surface area contributed by atoms with Crippen molar-refractivity contribution < 1.29 is 9.59 Å². The van der Waals surface area contributed by atoms with Crippen LogP contribution in [0, 0.1) is 5.92 Å². The van der Waals surface area contributed by atoms with Crippen molar-refractivity contribution in [3.63, 3.8) is 0 Å². The van der Waals surface area contributed by atoms with E-state index in [1.807, 2.05) is 18.7 Å². The molecule has 0 radical (unpaired) electrons. The second-order valence-electron chi connectivity index (χ2n) is 5.91. The number of hydrogen-bond donors (Lipinski definition) is 0. The van der Waals surface area contributed by atoms with Gasteiger partial charge in [-0.15, -0.1) is 0 Å². The molecule has 1 aliphatic rings. The highest BCUT2D eigenvalue weighted by Crippen LogP contribution is 2.18. The van der Waals surface area contributed by atoms with Gasteiger partial charge in [0.15, 0.2) is 0 Å². The van der Waals surface area contributed by atoms with Gasteiger partial charge in [-0.2, -0.15) is 0 Å². The summed E-state index contributed by atoms with van der Waals surface area (Å²) in [5.41, 5.74) is 0.902. The second-order valence-corrected chi connectivity index (χ2v) is 5.91. The van der Waals surface area contributed by atoms with E-state index in [-0.39, 0.29) is 11.8 Å².